The Labute approximate surface area is 218 Å². The summed E-state index contributed by atoms with van der Waals surface area (Å²) in [6, 6.07) is 12.4. The molecule has 0 amide bonds. The molecule has 0 aromatic heterocycles. The summed E-state index contributed by atoms with van der Waals surface area (Å²) in [5, 5.41) is 15.4. The van der Waals surface area contributed by atoms with E-state index in [1.165, 1.54) is 11.1 Å². The second kappa shape index (κ2) is 7.97. The molecule has 4 aliphatic carbocycles. The van der Waals surface area contributed by atoms with Crippen molar-refractivity contribution in [1.82, 2.24) is 10.2 Å². The van der Waals surface area contributed by atoms with Crippen LogP contribution in [-0.2, 0) is 16.6 Å². The first-order valence-corrected chi connectivity index (χ1v) is 13.7. The molecule has 4 bridgehead atoms. The molecule has 6 aliphatic rings. The molecule has 2 spiro atoms. The SMILES string of the molecule is COC12CCC3(CC1CNCC=Cc1ccc(Cl)cc1)C1Cc4ccc(O)c5c4C3(CCN1C)C2O5. The Kier molecular flexibility index (Phi) is 5.12. The van der Waals surface area contributed by atoms with Gasteiger partial charge in [-0.1, -0.05) is 42.0 Å². The van der Waals surface area contributed by atoms with Crippen molar-refractivity contribution in [3.8, 4) is 11.5 Å². The van der Waals surface area contributed by atoms with Gasteiger partial charge in [-0.05, 0) is 75.0 Å². The average Bonchev–Trinajstić information content (AvgIpc) is 3.26. The fourth-order valence-corrected chi connectivity index (χ4v) is 9.31. The summed E-state index contributed by atoms with van der Waals surface area (Å²) >= 11 is 6.01. The van der Waals surface area contributed by atoms with Gasteiger partial charge in [-0.3, -0.25) is 0 Å². The molecule has 0 radical (unpaired) electrons. The molecule has 190 valence electrons. The van der Waals surface area contributed by atoms with Crippen molar-refractivity contribution in [2.24, 2.45) is 11.3 Å². The lowest BCUT2D eigenvalue weighted by Crippen LogP contribution is -2.81. The van der Waals surface area contributed by atoms with Crippen LogP contribution in [-0.4, -0.2) is 61.5 Å². The van der Waals surface area contributed by atoms with E-state index in [2.05, 4.69) is 35.5 Å². The van der Waals surface area contributed by atoms with Gasteiger partial charge in [-0.15, -0.1) is 0 Å². The lowest BCUT2D eigenvalue weighted by atomic mass is 9.35. The van der Waals surface area contributed by atoms with Crippen molar-refractivity contribution >= 4 is 17.7 Å². The van der Waals surface area contributed by atoms with E-state index in [0.29, 0.717) is 12.0 Å². The number of likely N-dealkylation sites (tertiary alicyclic amines) is 1. The van der Waals surface area contributed by atoms with Gasteiger partial charge in [0.1, 0.15) is 11.7 Å². The lowest BCUT2D eigenvalue weighted by molar-refractivity contribution is -0.274. The maximum absolute atomic E-state index is 10.9. The van der Waals surface area contributed by atoms with Crippen LogP contribution in [0.1, 0.15) is 42.4 Å². The predicted octanol–water partition coefficient (Wildman–Crippen LogP) is 4.79. The predicted molar refractivity (Wildman–Crippen MR) is 142 cm³/mol. The highest BCUT2D eigenvalue weighted by Crippen LogP contribution is 2.76. The maximum atomic E-state index is 10.9. The Bertz CT molecular complexity index is 1230. The lowest BCUT2D eigenvalue weighted by Gasteiger charge is -2.73. The fourth-order valence-electron chi connectivity index (χ4n) is 9.18. The van der Waals surface area contributed by atoms with Gasteiger partial charge < -0.3 is 24.8 Å². The van der Waals surface area contributed by atoms with Crippen molar-refractivity contribution in [1.29, 1.82) is 0 Å². The maximum Gasteiger partial charge on any atom is 0.165 e. The molecule has 36 heavy (non-hydrogen) atoms. The van der Waals surface area contributed by atoms with E-state index >= 15 is 0 Å². The Morgan fingerprint density at radius 3 is 2.83 bits per heavy atom. The Balaban J connectivity index is 1.21. The van der Waals surface area contributed by atoms with Gasteiger partial charge >= 0.3 is 0 Å². The Morgan fingerprint density at radius 1 is 1.19 bits per heavy atom. The van der Waals surface area contributed by atoms with Crippen molar-refractivity contribution in [3.05, 3.63) is 64.2 Å². The number of halogens is 1. The summed E-state index contributed by atoms with van der Waals surface area (Å²) in [5.41, 5.74) is 3.57. The smallest absolute Gasteiger partial charge is 0.165 e. The second-order valence-electron chi connectivity index (χ2n) is 11.7. The normalized spacial score (nSPS) is 37.8. The zero-order valence-electron chi connectivity index (χ0n) is 21.1. The summed E-state index contributed by atoms with van der Waals surface area (Å²) < 4.78 is 13.4. The summed E-state index contributed by atoms with van der Waals surface area (Å²) in [5.74, 6) is 1.38. The first kappa shape index (κ1) is 23.1. The van der Waals surface area contributed by atoms with Gasteiger partial charge in [0, 0.05) is 53.6 Å². The van der Waals surface area contributed by atoms with E-state index in [-0.39, 0.29) is 28.3 Å². The number of phenols is 1. The monoisotopic (exact) mass is 506 g/mol. The molecule has 6 atom stereocenters. The molecule has 4 fully saturated rings. The molecule has 2 heterocycles. The molecule has 1 saturated heterocycles. The topological polar surface area (TPSA) is 54.0 Å². The molecule has 2 N–H and O–H groups in total. The van der Waals surface area contributed by atoms with Crippen LogP contribution < -0.4 is 10.1 Å². The molecule has 3 saturated carbocycles. The average molecular weight is 507 g/mol. The number of methoxy groups -OCH3 is 1. The molecule has 2 aromatic carbocycles. The number of piperidine rings is 1. The Hall–Kier alpha value is -2.05. The van der Waals surface area contributed by atoms with Gasteiger partial charge in [0.15, 0.2) is 11.5 Å². The number of ether oxygens (including phenoxy) is 2. The van der Waals surface area contributed by atoms with Gasteiger partial charge in [0.25, 0.3) is 0 Å². The second-order valence-corrected chi connectivity index (χ2v) is 12.1. The first-order valence-electron chi connectivity index (χ1n) is 13.4. The number of likely N-dealkylation sites (N-methyl/N-ethyl adjacent to an activating group) is 1. The summed E-state index contributed by atoms with van der Waals surface area (Å²) in [6.45, 7) is 2.76. The van der Waals surface area contributed by atoms with E-state index < -0.39 is 0 Å². The van der Waals surface area contributed by atoms with Gasteiger partial charge in [-0.25, -0.2) is 0 Å². The van der Waals surface area contributed by atoms with E-state index in [1.807, 2.05) is 37.4 Å². The van der Waals surface area contributed by atoms with E-state index in [0.717, 1.165) is 68.1 Å². The highest BCUT2D eigenvalue weighted by Gasteiger charge is 2.80. The molecule has 6 unspecified atom stereocenters. The number of nitrogens with zero attached hydrogens (tertiary/aromatic N) is 1. The molecule has 5 nitrogen and oxygen atoms in total. The zero-order chi connectivity index (χ0) is 24.7. The van der Waals surface area contributed by atoms with Gasteiger partial charge in [0.05, 0.1) is 0 Å². The van der Waals surface area contributed by atoms with Crippen LogP contribution in [0.25, 0.3) is 6.08 Å². The minimum atomic E-state index is -0.352. The number of hydrogen-bond acceptors (Lipinski definition) is 5. The highest BCUT2D eigenvalue weighted by atomic mass is 35.5. The van der Waals surface area contributed by atoms with Crippen LogP contribution in [0.3, 0.4) is 0 Å². The van der Waals surface area contributed by atoms with Gasteiger partial charge in [-0.2, -0.15) is 0 Å². The number of benzene rings is 2. The first-order chi connectivity index (χ1) is 17.4. The van der Waals surface area contributed by atoms with E-state index in [1.54, 1.807) is 0 Å². The highest BCUT2D eigenvalue weighted by molar-refractivity contribution is 6.30. The summed E-state index contributed by atoms with van der Waals surface area (Å²) in [6.07, 6.45) is 9.69. The largest absolute Gasteiger partial charge is 0.504 e. The number of phenolic OH excluding ortho intramolecular Hbond substituents is 1. The number of fused-ring (bicyclic) bond motifs is 2. The van der Waals surface area contributed by atoms with Crippen molar-refractivity contribution in [2.45, 2.75) is 55.3 Å². The minimum absolute atomic E-state index is 0.0486. The molecular weight excluding hydrogens is 472 g/mol. The molecule has 8 rings (SSSR count). The van der Waals surface area contributed by atoms with Crippen LogP contribution in [0.15, 0.2) is 42.5 Å². The molecule has 2 aromatic rings. The Morgan fingerprint density at radius 2 is 2.03 bits per heavy atom. The zero-order valence-corrected chi connectivity index (χ0v) is 21.9. The molecule has 2 aliphatic heterocycles. The molecule has 6 heteroatoms. The van der Waals surface area contributed by atoms with Crippen LogP contribution in [0, 0.1) is 11.3 Å². The van der Waals surface area contributed by atoms with E-state index in [4.69, 9.17) is 21.1 Å². The fraction of sp³-hybridized carbons (Fsp3) is 0.533. The third kappa shape index (κ3) is 2.78. The quantitative estimate of drug-likeness (QED) is 0.551. The number of nitrogens with one attached hydrogen (secondary N) is 1. The van der Waals surface area contributed by atoms with Gasteiger partial charge in [0.2, 0.25) is 0 Å². The van der Waals surface area contributed by atoms with Crippen LogP contribution >= 0.6 is 11.6 Å². The third-order valence-corrected chi connectivity index (χ3v) is 10.9. The summed E-state index contributed by atoms with van der Waals surface area (Å²) in [7, 11) is 4.19. The minimum Gasteiger partial charge on any atom is -0.504 e. The van der Waals surface area contributed by atoms with Crippen molar-refractivity contribution in [3.63, 3.8) is 0 Å². The molecular formula is C30H35ClN2O3. The van der Waals surface area contributed by atoms with Crippen LogP contribution in [0.2, 0.25) is 5.02 Å². The van der Waals surface area contributed by atoms with Crippen molar-refractivity contribution < 1.29 is 14.6 Å². The van der Waals surface area contributed by atoms with E-state index in [9.17, 15) is 5.11 Å². The number of rotatable bonds is 6. The van der Waals surface area contributed by atoms with Crippen LogP contribution in [0.5, 0.6) is 11.5 Å². The number of hydrogen-bond donors (Lipinski definition) is 2. The third-order valence-electron chi connectivity index (χ3n) is 10.6. The summed E-state index contributed by atoms with van der Waals surface area (Å²) in [4.78, 5) is 2.61. The number of aromatic hydroxyl groups is 1. The standard InChI is InChI=1S/C30H35ClN2O3/c1-33-15-13-29-25-20-7-10-23(34)26(25)36-27(29)30(35-2)12-11-28(29,24(33)16-20)17-21(30)18-32-14-3-4-19-5-8-22(31)9-6-19/h3-10,21,24,27,32,34H,11-18H2,1-2H3. The van der Waals surface area contributed by atoms with Crippen LogP contribution in [0.4, 0.5) is 0 Å². The van der Waals surface area contributed by atoms with Crippen molar-refractivity contribution in [2.75, 3.05) is 33.8 Å².